The van der Waals surface area contributed by atoms with Crippen molar-refractivity contribution in [3.8, 4) is 0 Å². The molecule has 46 valence electrons. The summed E-state index contributed by atoms with van der Waals surface area (Å²) in [5, 5.41) is 0. The second-order valence-electron chi connectivity index (χ2n) is 2.29. The van der Waals surface area contributed by atoms with Gasteiger partial charge < -0.3 is 4.74 Å². The summed E-state index contributed by atoms with van der Waals surface area (Å²) in [6, 6.07) is 0. The summed E-state index contributed by atoms with van der Waals surface area (Å²) in [5.41, 5.74) is 1.36. The molecule has 0 aromatic rings. The molecular formula is C7H12O. The third kappa shape index (κ3) is 0.920. The summed E-state index contributed by atoms with van der Waals surface area (Å²) in [4.78, 5) is 0. The van der Waals surface area contributed by atoms with Crippen molar-refractivity contribution in [3.63, 3.8) is 0 Å². The molecule has 2 unspecified atom stereocenters. The molecule has 0 aromatic heterocycles. The second kappa shape index (κ2) is 1.90. The number of epoxide rings is 1. The van der Waals surface area contributed by atoms with Gasteiger partial charge in [0.15, 0.2) is 0 Å². The van der Waals surface area contributed by atoms with Crippen LogP contribution in [0.1, 0.15) is 20.8 Å². The number of hydrogen-bond acceptors (Lipinski definition) is 1. The third-order valence-corrected chi connectivity index (χ3v) is 1.62. The first kappa shape index (κ1) is 5.83. The Hall–Kier alpha value is -0.300. The highest BCUT2D eigenvalue weighted by Gasteiger charge is 2.34. The molecule has 1 aliphatic rings. The Morgan fingerprint density at radius 3 is 2.25 bits per heavy atom. The van der Waals surface area contributed by atoms with Crippen LogP contribution in [0.5, 0.6) is 0 Å². The van der Waals surface area contributed by atoms with E-state index in [-0.39, 0.29) is 0 Å². The Labute approximate surface area is 50.3 Å². The van der Waals surface area contributed by atoms with Crippen LogP contribution in [0.4, 0.5) is 0 Å². The van der Waals surface area contributed by atoms with Crippen molar-refractivity contribution in [2.45, 2.75) is 33.0 Å². The lowest BCUT2D eigenvalue weighted by Gasteiger charge is -1.87. The molecule has 1 fully saturated rings. The summed E-state index contributed by atoms with van der Waals surface area (Å²) < 4.78 is 5.20. The van der Waals surface area contributed by atoms with Gasteiger partial charge in [0.2, 0.25) is 0 Å². The van der Waals surface area contributed by atoms with Gasteiger partial charge in [0.25, 0.3) is 0 Å². The Bertz CT molecular complexity index is 116. The summed E-state index contributed by atoms with van der Waals surface area (Å²) in [5.74, 6) is 0. The van der Waals surface area contributed by atoms with Crippen molar-refractivity contribution in [2.75, 3.05) is 0 Å². The van der Waals surface area contributed by atoms with Crippen LogP contribution in [-0.4, -0.2) is 12.2 Å². The van der Waals surface area contributed by atoms with Crippen molar-refractivity contribution in [2.24, 2.45) is 0 Å². The van der Waals surface area contributed by atoms with E-state index in [2.05, 4.69) is 19.9 Å². The van der Waals surface area contributed by atoms with Gasteiger partial charge in [-0.3, -0.25) is 0 Å². The molecule has 0 aromatic carbocycles. The highest BCUT2D eigenvalue weighted by atomic mass is 16.6. The smallest absolute Gasteiger partial charge is 0.105 e. The van der Waals surface area contributed by atoms with Gasteiger partial charge in [-0.1, -0.05) is 6.08 Å². The van der Waals surface area contributed by atoms with E-state index >= 15 is 0 Å². The number of hydrogen-bond donors (Lipinski definition) is 0. The molecule has 1 heteroatoms. The van der Waals surface area contributed by atoms with Gasteiger partial charge in [0.1, 0.15) is 6.10 Å². The normalized spacial score (nSPS) is 37.6. The predicted molar refractivity (Wildman–Crippen MR) is 33.8 cm³/mol. The van der Waals surface area contributed by atoms with Gasteiger partial charge in [-0.2, -0.15) is 0 Å². The molecule has 2 atom stereocenters. The van der Waals surface area contributed by atoms with Crippen LogP contribution in [0.25, 0.3) is 0 Å². The summed E-state index contributed by atoms with van der Waals surface area (Å²) in [7, 11) is 0. The first-order valence-corrected chi connectivity index (χ1v) is 3.04. The standard InChI is InChI=1S/C7H12O/c1-4-5(2)7-6(3)8-7/h4,6-7H,1-3H3. The van der Waals surface area contributed by atoms with Gasteiger partial charge in [0.05, 0.1) is 6.10 Å². The van der Waals surface area contributed by atoms with E-state index in [4.69, 9.17) is 4.74 Å². The fraction of sp³-hybridized carbons (Fsp3) is 0.714. The largest absolute Gasteiger partial charge is 0.365 e. The molecule has 0 radical (unpaired) electrons. The van der Waals surface area contributed by atoms with Crippen molar-refractivity contribution in [1.29, 1.82) is 0 Å². The minimum atomic E-state index is 0.444. The Kier molecular flexibility index (Phi) is 1.39. The van der Waals surface area contributed by atoms with E-state index in [0.717, 1.165) is 0 Å². The van der Waals surface area contributed by atoms with Gasteiger partial charge in [0, 0.05) is 0 Å². The van der Waals surface area contributed by atoms with Crippen LogP contribution < -0.4 is 0 Å². The van der Waals surface area contributed by atoms with Crippen LogP contribution in [0, 0.1) is 0 Å². The molecule has 8 heavy (non-hydrogen) atoms. The van der Waals surface area contributed by atoms with Gasteiger partial charge >= 0.3 is 0 Å². The third-order valence-electron chi connectivity index (χ3n) is 1.62. The fourth-order valence-electron chi connectivity index (χ4n) is 0.828. The Morgan fingerprint density at radius 1 is 1.62 bits per heavy atom. The average molecular weight is 112 g/mol. The Balaban J connectivity index is 2.39. The van der Waals surface area contributed by atoms with Crippen LogP contribution in [0.3, 0.4) is 0 Å². The van der Waals surface area contributed by atoms with E-state index in [9.17, 15) is 0 Å². The molecule has 1 aliphatic heterocycles. The Morgan fingerprint density at radius 2 is 2.12 bits per heavy atom. The predicted octanol–water partition coefficient (Wildman–Crippen LogP) is 1.74. The van der Waals surface area contributed by atoms with E-state index in [1.165, 1.54) is 5.57 Å². The van der Waals surface area contributed by atoms with Crippen LogP contribution in [0.2, 0.25) is 0 Å². The fourth-order valence-corrected chi connectivity index (χ4v) is 0.828. The summed E-state index contributed by atoms with van der Waals surface area (Å²) >= 11 is 0. The van der Waals surface area contributed by atoms with Crippen LogP contribution in [-0.2, 0) is 4.74 Å². The maximum atomic E-state index is 5.20. The van der Waals surface area contributed by atoms with Gasteiger partial charge in [-0.25, -0.2) is 0 Å². The second-order valence-corrected chi connectivity index (χ2v) is 2.29. The van der Waals surface area contributed by atoms with Crippen LogP contribution in [0.15, 0.2) is 11.6 Å². The summed E-state index contributed by atoms with van der Waals surface area (Å²) in [6.45, 7) is 6.25. The number of ether oxygens (including phenoxy) is 1. The lowest BCUT2D eigenvalue weighted by atomic mass is 10.2. The van der Waals surface area contributed by atoms with E-state index in [0.29, 0.717) is 12.2 Å². The van der Waals surface area contributed by atoms with Crippen molar-refractivity contribution in [3.05, 3.63) is 11.6 Å². The molecule has 0 saturated carbocycles. The number of rotatable bonds is 1. The molecule has 0 amide bonds. The lowest BCUT2D eigenvalue weighted by Crippen LogP contribution is -1.89. The van der Waals surface area contributed by atoms with Crippen molar-refractivity contribution in [1.82, 2.24) is 0 Å². The zero-order valence-electron chi connectivity index (χ0n) is 5.64. The first-order valence-electron chi connectivity index (χ1n) is 3.04. The average Bonchev–Trinajstić information content (AvgIpc) is 2.45. The topological polar surface area (TPSA) is 12.5 Å². The van der Waals surface area contributed by atoms with Gasteiger partial charge in [-0.05, 0) is 26.3 Å². The molecular weight excluding hydrogens is 100 g/mol. The molecule has 1 nitrogen and oxygen atoms in total. The molecule has 0 spiro atoms. The van der Waals surface area contributed by atoms with Crippen LogP contribution >= 0.6 is 0 Å². The number of allylic oxidation sites excluding steroid dienone is 1. The zero-order valence-corrected chi connectivity index (χ0v) is 5.64. The summed E-state index contributed by atoms with van der Waals surface area (Å²) in [6.07, 6.45) is 3.03. The maximum Gasteiger partial charge on any atom is 0.105 e. The lowest BCUT2D eigenvalue weighted by molar-refractivity contribution is 0.394. The maximum absolute atomic E-state index is 5.20. The SMILES string of the molecule is CC=C(C)C1OC1C. The quantitative estimate of drug-likeness (QED) is 0.372. The van der Waals surface area contributed by atoms with E-state index in [1.807, 2.05) is 6.92 Å². The van der Waals surface area contributed by atoms with Gasteiger partial charge in [-0.15, -0.1) is 0 Å². The highest BCUT2D eigenvalue weighted by molar-refractivity contribution is 5.12. The molecule has 1 heterocycles. The molecule has 1 saturated heterocycles. The monoisotopic (exact) mass is 112 g/mol. The van der Waals surface area contributed by atoms with E-state index < -0.39 is 0 Å². The molecule has 0 aliphatic carbocycles. The van der Waals surface area contributed by atoms with Crippen molar-refractivity contribution < 1.29 is 4.74 Å². The first-order chi connectivity index (χ1) is 3.75. The minimum Gasteiger partial charge on any atom is -0.365 e. The highest BCUT2D eigenvalue weighted by Crippen LogP contribution is 2.27. The molecule has 1 rings (SSSR count). The minimum absolute atomic E-state index is 0.444. The van der Waals surface area contributed by atoms with E-state index in [1.54, 1.807) is 0 Å². The molecule has 0 N–H and O–H groups in total. The zero-order chi connectivity index (χ0) is 6.15. The molecule has 0 bridgehead atoms. The van der Waals surface area contributed by atoms with Crippen molar-refractivity contribution >= 4 is 0 Å².